The standard InChI is InChI=1S/C18H19N5/c1-2-5-14(6-3-1)15-11-16(23-17(21-15)19-13-20-23)22-10-4-7-18(12-22)8-9-18/h1-3,5-6,11,13H,4,7-10,12H2. The molecule has 3 heterocycles. The van der Waals surface area contributed by atoms with Crippen LogP contribution in [0.25, 0.3) is 17.0 Å². The number of hydrogen-bond acceptors (Lipinski definition) is 4. The number of rotatable bonds is 2. The van der Waals surface area contributed by atoms with Gasteiger partial charge in [-0.15, -0.1) is 0 Å². The third-order valence-electron chi connectivity index (χ3n) is 5.25. The molecule has 1 aromatic carbocycles. The fraction of sp³-hybridized carbons (Fsp3) is 0.389. The van der Waals surface area contributed by atoms with Gasteiger partial charge in [0, 0.05) is 24.7 Å². The molecule has 1 aliphatic carbocycles. The van der Waals surface area contributed by atoms with Crippen LogP contribution in [-0.4, -0.2) is 32.7 Å². The molecule has 1 spiro atoms. The van der Waals surface area contributed by atoms with Crippen LogP contribution in [0.5, 0.6) is 0 Å². The molecule has 2 aromatic heterocycles. The Kier molecular flexibility index (Phi) is 2.71. The van der Waals surface area contributed by atoms with E-state index in [-0.39, 0.29) is 0 Å². The van der Waals surface area contributed by atoms with Crippen molar-refractivity contribution in [3.05, 3.63) is 42.7 Å². The summed E-state index contributed by atoms with van der Waals surface area (Å²) < 4.78 is 1.88. The highest BCUT2D eigenvalue weighted by Gasteiger charge is 2.45. The number of fused-ring (bicyclic) bond motifs is 1. The van der Waals surface area contributed by atoms with Gasteiger partial charge in [-0.3, -0.25) is 0 Å². The first kappa shape index (κ1) is 13.0. The molecule has 2 aliphatic rings. The monoisotopic (exact) mass is 305 g/mol. The zero-order valence-corrected chi connectivity index (χ0v) is 13.0. The lowest BCUT2D eigenvalue weighted by molar-refractivity contribution is 0.392. The molecule has 5 heteroatoms. The van der Waals surface area contributed by atoms with Crippen molar-refractivity contribution < 1.29 is 0 Å². The molecule has 0 amide bonds. The van der Waals surface area contributed by atoms with Crippen LogP contribution in [0.1, 0.15) is 25.7 Å². The topological polar surface area (TPSA) is 46.3 Å². The van der Waals surface area contributed by atoms with Crippen molar-refractivity contribution in [3.8, 4) is 11.3 Å². The molecule has 5 nitrogen and oxygen atoms in total. The third-order valence-corrected chi connectivity index (χ3v) is 5.25. The third kappa shape index (κ3) is 2.19. The van der Waals surface area contributed by atoms with Gasteiger partial charge >= 0.3 is 0 Å². The summed E-state index contributed by atoms with van der Waals surface area (Å²) in [5.74, 6) is 1.80. The maximum Gasteiger partial charge on any atom is 0.254 e. The summed E-state index contributed by atoms with van der Waals surface area (Å²) in [5.41, 5.74) is 2.66. The van der Waals surface area contributed by atoms with E-state index in [0.29, 0.717) is 11.2 Å². The lowest BCUT2D eigenvalue weighted by atomic mass is 9.95. The van der Waals surface area contributed by atoms with Gasteiger partial charge in [-0.05, 0) is 31.1 Å². The average Bonchev–Trinajstić information content (AvgIpc) is 3.17. The van der Waals surface area contributed by atoms with E-state index in [1.807, 2.05) is 22.7 Å². The highest BCUT2D eigenvalue weighted by Crippen LogP contribution is 2.52. The van der Waals surface area contributed by atoms with Gasteiger partial charge in [-0.25, -0.2) is 4.98 Å². The number of nitrogens with zero attached hydrogens (tertiary/aromatic N) is 5. The molecule has 2 fully saturated rings. The van der Waals surface area contributed by atoms with Crippen LogP contribution in [-0.2, 0) is 0 Å². The summed E-state index contributed by atoms with van der Waals surface area (Å²) in [4.78, 5) is 11.5. The average molecular weight is 305 g/mol. The van der Waals surface area contributed by atoms with Crippen molar-refractivity contribution in [2.75, 3.05) is 18.0 Å². The second-order valence-electron chi connectivity index (χ2n) is 6.86. The Balaban J connectivity index is 1.63. The van der Waals surface area contributed by atoms with Crippen LogP contribution < -0.4 is 4.90 Å². The molecule has 116 valence electrons. The first-order valence-electron chi connectivity index (χ1n) is 8.34. The summed E-state index contributed by atoms with van der Waals surface area (Å²) in [7, 11) is 0. The van der Waals surface area contributed by atoms with E-state index in [2.05, 4.69) is 38.2 Å². The lowest BCUT2D eigenvalue weighted by Gasteiger charge is -2.34. The van der Waals surface area contributed by atoms with E-state index in [4.69, 9.17) is 0 Å². The Labute approximate surface area is 135 Å². The molecule has 1 saturated carbocycles. The highest BCUT2D eigenvalue weighted by atomic mass is 15.4. The Bertz CT molecular complexity index is 850. The first-order chi connectivity index (χ1) is 11.3. The number of anilines is 1. The summed E-state index contributed by atoms with van der Waals surface area (Å²) in [6, 6.07) is 12.5. The summed E-state index contributed by atoms with van der Waals surface area (Å²) >= 11 is 0. The van der Waals surface area contributed by atoms with Crippen LogP contribution in [0.3, 0.4) is 0 Å². The van der Waals surface area contributed by atoms with Crippen molar-refractivity contribution in [2.24, 2.45) is 5.41 Å². The van der Waals surface area contributed by atoms with E-state index < -0.39 is 0 Å². The number of piperidine rings is 1. The largest absolute Gasteiger partial charge is 0.356 e. The fourth-order valence-electron chi connectivity index (χ4n) is 3.77. The molecular formula is C18H19N5. The maximum absolute atomic E-state index is 4.68. The molecule has 0 bridgehead atoms. The number of aromatic nitrogens is 4. The van der Waals surface area contributed by atoms with Gasteiger partial charge in [-0.2, -0.15) is 14.6 Å². The SMILES string of the molecule is c1ccc(-c2cc(N3CCCC4(CC4)C3)n3ncnc3n2)cc1. The van der Waals surface area contributed by atoms with Crippen LogP contribution in [0, 0.1) is 5.41 Å². The van der Waals surface area contributed by atoms with E-state index in [0.717, 1.165) is 30.2 Å². The summed E-state index contributed by atoms with van der Waals surface area (Å²) in [5, 5.41) is 4.40. The van der Waals surface area contributed by atoms with Gasteiger partial charge in [0.25, 0.3) is 5.78 Å². The minimum atomic E-state index is 0.571. The molecule has 0 radical (unpaired) electrons. The second-order valence-corrected chi connectivity index (χ2v) is 6.86. The number of hydrogen-bond donors (Lipinski definition) is 0. The van der Waals surface area contributed by atoms with Gasteiger partial charge in [0.2, 0.25) is 0 Å². The Morgan fingerprint density at radius 3 is 2.74 bits per heavy atom. The molecule has 1 saturated heterocycles. The van der Waals surface area contributed by atoms with Crippen molar-refractivity contribution in [2.45, 2.75) is 25.7 Å². The second kappa shape index (κ2) is 4.78. The minimum Gasteiger partial charge on any atom is -0.356 e. The van der Waals surface area contributed by atoms with Crippen LogP contribution >= 0.6 is 0 Å². The van der Waals surface area contributed by atoms with Crippen molar-refractivity contribution >= 4 is 11.6 Å². The molecule has 3 aromatic rings. The van der Waals surface area contributed by atoms with E-state index >= 15 is 0 Å². The number of benzene rings is 1. The smallest absolute Gasteiger partial charge is 0.254 e. The molecule has 0 unspecified atom stereocenters. The van der Waals surface area contributed by atoms with Gasteiger partial charge in [0.05, 0.1) is 5.69 Å². The zero-order chi connectivity index (χ0) is 15.3. The quantitative estimate of drug-likeness (QED) is 0.729. The molecule has 5 rings (SSSR count). The van der Waals surface area contributed by atoms with Crippen LogP contribution in [0.4, 0.5) is 5.82 Å². The molecule has 23 heavy (non-hydrogen) atoms. The van der Waals surface area contributed by atoms with Crippen molar-refractivity contribution in [1.82, 2.24) is 19.6 Å². The molecule has 0 atom stereocenters. The molecule has 1 aliphatic heterocycles. The first-order valence-corrected chi connectivity index (χ1v) is 8.34. The Morgan fingerprint density at radius 2 is 1.91 bits per heavy atom. The van der Waals surface area contributed by atoms with E-state index in [1.54, 1.807) is 6.33 Å². The highest BCUT2D eigenvalue weighted by molar-refractivity contribution is 5.65. The summed E-state index contributed by atoms with van der Waals surface area (Å²) in [6.45, 7) is 2.23. The summed E-state index contributed by atoms with van der Waals surface area (Å²) in [6.07, 6.45) is 6.98. The van der Waals surface area contributed by atoms with Gasteiger partial charge in [0.15, 0.2) is 0 Å². The van der Waals surface area contributed by atoms with Crippen molar-refractivity contribution in [1.29, 1.82) is 0 Å². The Hall–Kier alpha value is -2.43. The van der Waals surface area contributed by atoms with Gasteiger partial charge in [-0.1, -0.05) is 30.3 Å². The van der Waals surface area contributed by atoms with E-state index in [1.165, 1.54) is 25.7 Å². The van der Waals surface area contributed by atoms with Gasteiger partial charge in [0.1, 0.15) is 12.1 Å². The minimum absolute atomic E-state index is 0.571. The fourth-order valence-corrected chi connectivity index (χ4v) is 3.77. The molecular weight excluding hydrogens is 286 g/mol. The van der Waals surface area contributed by atoms with Crippen LogP contribution in [0.2, 0.25) is 0 Å². The van der Waals surface area contributed by atoms with Crippen LogP contribution in [0.15, 0.2) is 42.7 Å². The maximum atomic E-state index is 4.68. The predicted octanol–water partition coefficient (Wildman–Crippen LogP) is 3.17. The lowest BCUT2D eigenvalue weighted by Crippen LogP contribution is -2.37. The van der Waals surface area contributed by atoms with Gasteiger partial charge < -0.3 is 4.90 Å². The van der Waals surface area contributed by atoms with Crippen molar-refractivity contribution in [3.63, 3.8) is 0 Å². The molecule has 0 N–H and O–H groups in total. The zero-order valence-electron chi connectivity index (χ0n) is 13.0. The predicted molar refractivity (Wildman–Crippen MR) is 89.3 cm³/mol. The van der Waals surface area contributed by atoms with E-state index in [9.17, 15) is 0 Å². The normalized spacial score (nSPS) is 19.4. The Morgan fingerprint density at radius 1 is 1.04 bits per heavy atom.